The van der Waals surface area contributed by atoms with Gasteiger partial charge in [-0.3, -0.25) is 0 Å². The summed E-state index contributed by atoms with van der Waals surface area (Å²) in [7, 11) is 0. The Bertz CT molecular complexity index is 238. The predicted molar refractivity (Wildman–Crippen MR) is 108 cm³/mol. The number of thiocarbonyl (C=S) groups is 1. The van der Waals surface area contributed by atoms with Crippen LogP contribution in [0.15, 0.2) is 0 Å². The molecule has 0 radical (unpaired) electrons. The van der Waals surface area contributed by atoms with Crippen LogP contribution in [-0.2, 0) is 0 Å². The Balaban J connectivity index is 3.09. The summed E-state index contributed by atoms with van der Waals surface area (Å²) in [5, 5.41) is 1.34. The Kier molecular flexibility index (Phi) is 18.5. The van der Waals surface area contributed by atoms with Crippen molar-refractivity contribution in [2.75, 3.05) is 0 Å². The van der Waals surface area contributed by atoms with Gasteiger partial charge in [0.05, 0.1) is 0 Å². The SMILES string of the molecule is CCCCCCCCCCCCCCCC(=S)[Se]CC(C)C. The zero-order chi connectivity index (χ0) is 16.5. The molecule has 0 fully saturated rings. The average Bonchev–Trinajstić information content (AvgIpc) is 2.49. The van der Waals surface area contributed by atoms with E-state index in [9.17, 15) is 0 Å². The maximum absolute atomic E-state index is 5.49. The Labute approximate surface area is 152 Å². The van der Waals surface area contributed by atoms with Crippen molar-refractivity contribution in [2.24, 2.45) is 5.92 Å². The van der Waals surface area contributed by atoms with E-state index in [2.05, 4.69) is 20.8 Å². The van der Waals surface area contributed by atoms with Crippen molar-refractivity contribution in [2.45, 2.75) is 116 Å². The molecule has 0 atom stereocenters. The molecule has 0 aromatic heterocycles. The summed E-state index contributed by atoms with van der Waals surface area (Å²) in [6, 6.07) is 0. The average molecular weight is 392 g/mol. The quantitative estimate of drug-likeness (QED) is 0.140. The van der Waals surface area contributed by atoms with E-state index in [1.807, 2.05) is 0 Å². The molecule has 0 bridgehead atoms. The van der Waals surface area contributed by atoms with Crippen LogP contribution < -0.4 is 0 Å². The van der Waals surface area contributed by atoms with E-state index in [1.165, 1.54) is 99.0 Å². The van der Waals surface area contributed by atoms with Gasteiger partial charge in [-0.25, -0.2) is 0 Å². The molecule has 0 aliphatic heterocycles. The Hall–Kier alpha value is 0.609. The van der Waals surface area contributed by atoms with Gasteiger partial charge in [0, 0.05) is 0 Å². The predicted octanol–water partition coefficient (Wildman–Crippen LogP) is 7.57. The minimum atomic E-state index is 0.626. The molecule has 2 heteroatoms. The summed E-state index contributed by atoms with van der Waals surface area (Å²) < 4.78 is 1.38. The molecule has 0 saturated heterocycles. The molecule has 132 valence electrons. The molecule has 0 aromatic carbocycles. The zero-order valence-electron chi connectivity index (χ0n) is 15.5. The third-order valence-electron chi connectivity index (χ3n) is 4.06. The number of rotatable bonds is 17. The van der Waals surface area contributed by atoms with Crippen molar-refractivity contribution in [1.82, 2.24) is 0 Å². The monoisotopic (exact) mass is 392 g/mol. The summed E-state index contributed by atoms with van der Waals surface area (Å²) in [5.41, 5.74) is 0. The van der Waals surface area contributed by atoms with E-state index in [0.29, 0.717) is 15.0 Å². The Morgan fingerprint density at radius 1 is 0.727 bits per heavy atom. The second-order valence-corrected chi connectivity index (χ2v) is 10.5. The van der Waals surface area contributed by atoms with E-state index < -0.39 is 0 Å². The molecule has 0 aliphatic rings. The van der Waals surface area contributed by atoms with Gasteiger partial charge in [-0.1, -0.05) is 26.2 Å². The molecule has 0 heterocycles. The van der Waals surface area contributed by atoms with E-state index in [1.54, 1.807) is 0 Å². The first-order valence-corrected chi connectivity index (χ1v) is 12.3. The topological polar surface area (TPSA) is 0 Å². The van der Waals surface area contributed by atoms with E-state index in [0.717, 1.165) is 5.92 Å². The molecule has 0 amide bonds. The van der Waals surface area contributed by atoms with Crippen LogP contribution in [0, 0.1) is 5.92 Å². The maximum atomic E-state index is 5.49. The third-order valence-corrected chi connectivity index (χ3v) is 7.73. The summed E-state index contributed by atoms with van der Waals surface area (Å²) in [6.07, 6.45) is 19.9. The fraction of sp³-hybridized carbons (Fsp3) is 0.950. The van der Waals surface area contributed by atoms with Crippen LogP contribution in [0.1, 0.15) is 111 Å². The second-order valence-electron chi connectivity index (χ2n) is 7.07. The van der Waals surface area contributed by atoms with Crippen molar-refractivity contribution in [3.05, 3.63) is 0 Å². The summed E-state index contributed by atoms with van der Waals surface area (Å²) in [6.45, 7) is 6.89. The van der Waals surface area contributed by atoms with Crippen LogP contribution in [0.2, 0.25) is 5.32 Å². The summed E-state index contributed by atoms with van der Waals surface area (Å²) >= 11 is 6.11. The van der Waals surface area contributed by atoms with E-state index in [-0.39, 0.29) is 0 Å². The Morgan fingerprint density at radius 2 is 1.14 bits per heavy atom. The minimum absolute atomic E-state index is 0.626. The molecule has 0 spiro atoms. The third kappa shape index (κ3) is 18.7. The van der Waals surface area contributed by atoms with Crippen molar-refractivity contribution in [1.29, 1.82) is 0 Å². The molecule has 0 saturated carbocycles. The number of unbranched alkanes of at least 4 members (excludes halogenated alkanes) is 12. The summed E-state index contributed by atoms with van der Waals surface area (Å²) in [5.74, 6) is 0.824. The van der Waals surface area contributed by atoms with Crippen LogP contribution in [0.4, 0.5) is 0 Å². The first kappa shape index (κ1) is 22.6. The van der Waals surface area contributed by atoms with Crippen molar-refractivity contribution < 1.29 is 0 Å². The van der Waals surface area contributed by atoms with Gasteiger partial charge >= 0.3 is 127 Å². The Morgan fingerprint density at radius 3 is 1.55 bits per heavy atom. The van der Waals surface area contributed by atoms with Gasteiger partial charge < -0.3 is 0 Å². The molecule has 0 nitrogen and oxygen atoms in total. The molecular weight excluding hydrogens is 351 g/mol. The van der Waals surface area contributed by atoms with Gasteiger partial charge in [0.15, 0.2) is 0 Å². The van der Waals surface area contributed by atoms with E-state index in [4.69, 9.17) is 12.2 Å². The molecule has 0 N–H and O–H groups in total. The van der Waals surface area contributed by atoms with Crippen LogP contribution in [0.3, 0.4) is 0 Å². The number of hydrogen-bond acceptors (Lipinski definition) is 1. The van der Waals surface area contributed by atoms with Gasteiger partial charge in [-0.2, -0.15) is 0 Å². The van der Waals surface area contributed by atoms with Gasteiger partial charge in [0.1, 0.15) is 0 Å². The van der Waals surface area contributed by atoms with Crippen LogP contribution in [-0.4, -0.2) is 18.7 Å². The van der Waals surface area contributed by atoms with Crippen LogP contribution in [0.25, 0.3) is 0 Å². The molecule has 0 aliphatic carbocycles. The van der Waals surface area contributed by atoms with Gasteiger partial charge in [0.25, 0.3) is 0 Å². The molecule has 22 heavy (non-hydrogen) atoms. The second kappa shape index (κ2) is 18.0. The van der Waals surface area contributed by atoms with Crippen LogP contribution in [0.5, 0.6) is 0 Å². The van der Waals surface area contributed by atoms with Gasteiger partial charge in [0.2, 0.25) is 0 Å². The molecule has 0 aromatic rings. The standard InChI is InChI=1S/C20H40SSe/c1-4-5-6-7-8-9-10-11-12-13-14-15-16-17-20(21)22-18-19(2)3/h19H,4-18H2,1-3H3. The molecular formula is C20H40SSe. The first-order chi connectivity index (χ1) is 10.7. The first-order valence-electron chi connectivity index (χ1n) is 9.82. The van der Waals surface area contributed by atoms with Crippen molar-refractivity contribution in [3.63, 3.8) is 0 Å². The fourth-order valence-electron chi connectivity index (χ4n) is 2.62. The number of hydrogen-bond donors (Lipinski definition) is 0. The van der Waals surface area contributed by atoms with Crippen molar-refractivity contribution >= 4 is 30.9 Å². The van der Waals surface area contributed by atoms with Gasteiger partial charge in [-0.05, 0) is 0 Å². The zero-order valence-corrected chi connectivity index (χ0v) is 18.0. The summed E-state index contributed by atoms with van der Waals surface area (Å²) in [4.78, 5) is 0. The molecule has 0 rings (SSSR count). The fourth-order valence-corrected chi connectivity index (χ4v) is 4.81. The van der Waals surface area contributed by atoms with Gasteiger partial charge in [-0.15, -0.1) is 0 Å². The molecule has 0 unspecified atom stereocenters. The van der Waals surface area contributed by atoms with Crippen molar-refractivity contribution in [3.8, 4) is 0 Å². The van der Waals surface area contributed by atoms with E-state index >= 15 is 0 Å². The normalized spacial score (nSPS) is 11.3. The van der Waals surface area contributed by atoms with Crippen LogP contribution >= 0.6 is 12.2 Å².